The summed E-state index contributed by atoms with van der Waals surface area (Å²) in [5.74, 6) is 1.23. The zero-order valence-electron chi connectivity index (χ0n) is 12.1. The van der Waals surface area contributed by atoms with E-state index in [1.807, 2.05) is 45.0 Å². The van der Waals surface area contributed by atoms with Crippen LogP contribution in [0.15, 0.2) is 24.3 Å². The lowest BCUT2D eigenvalue weighted by Crippen LogP contribution is -2.30. The van der Waals surface area contributed by atoms with Gasteiger partial charge in [0.25, 0.3) is 0 Å². The van der Waals surface area contributed by atoms with Gasteiger partial charge in [0.05, 0.1) is 6.10 Å². The highest BCUT2D eigenvalue weighted by molar-refractivity contribution is 5.29. The maximum absolute atomic E-state index is 10.4. The summed E-state index contributed by atoms with van der Waals surface area (Å²) >= 11 is 0. The van der Waals surface area contributed by atoms with Crippen molar-refractivity contribution in [3.8, 4) is 5.75 Å². The van der Waals surface area contributed by atoms with Crippen LogP contribution >= 0.6 is 0 Å². The number of aliphatic hydroxyl groups is 1. The van der Waals surface area contributed by atoms with E-state index < -0.39 is 0 Å². The minimum atomic E-state index is -0.356. The van der Waals surface area contributed by atoms with Gasteiger partial charge in [-0.05, 0) is 70.3 Å². The Kier molecular flexibility index (Phi) is 4.48. The molecule has 1 aromatic rings. The smallest absolute Gasteiger partial charge is 0.120 e. The van der Waals surface area contributed by atoms with Crippen LogP contribution in [0.4, 0.5) is 0 Å². The quantitative estimate of drug-likeness (QED) is 0.881. The highest BCUT2D eigenvalue weighted by Crippen LogP contribution is 2.30. The molecule has 0 bridgehead atoms. The van der Waals surface area contributed by atoms with Crippen molar-refractivity contribution in [3.63, 3.8) is 0 Å². The van der Waals surface area contributed by atoms with E-state index in [-0.39, 0.29) is 11.7 Å². The Morgan fingerprint density at radius 3 is 2.26 bits per heavy atom. The van der Waals surface area contributed by atoms with Crippen LogP contribution in [0.1, 0.15) is 45.3 Å². The average Bonchev–Trinajstić information content (AvgIpc) is 2.38. The molecule has 3 nitrogen and oxygen atoms in total. The fraction of sp³-hybridized carbons (Fsp3) is 0.625. The number of nitrogens with one attached hydrogen (secondary N) is 1. The minimum Gasteiger partial charge on any atom is -0.488 e. The summed E-state index contributed by atoms with van der Waals surface area (Å²) in [6.45, 7) is 8.11. The second-order valence-electron chi connectivity index (χ2n) is 6.32. The first-order valence-corrected chi connectivity index (χ1v) is 7.13. The Morgan fingerprint density at radius 1 is 1.16 bits per heavy atom. The predicted octanol–water partition coefficient (Wildman–Crippen LogP) is 2.90. The molecule has 2 rings (SSSR count). The molecule has 1 aliphatic rings. The van der Waals surface area contributed by atoms with Crippen molar-refractivity contribution in [2.45, 2.75) is 45.3 Å². The van der Waals surface area contributed by atoms with E-state index in [0.717, 1.165) is 37.2 Å². The molecular formula is C16H25NO2. The van der Waals surface area contributed by atoms with E-state index in [1.54, 1.807) is 0 Å². The lowest BCUT2D eigenvalue weighted by molar-refractivity contribution is 0.0886. The molecule has 3 heteroatoms. The Labute approximate surface area is 116 Å². The summed E-state index contributed by atoms with van der Waals surface area (Å²) in [7, 11) is 0. The highest BCUT2D eigenvalue weighted by Gasteiger charge is 2.23. The monoisotopic (exact) mass is 263 g/mol. The highest BCUT2D eigenvalue weighted by atomic mass is 16.5. The molecule has 0 aromatic heterocycles. The molecule has 19 heavy (non-hydrogen) atoms. The molecule has 0 spiro atoms. The maximum atomic E-state index is 10.4. The molecule has 1 aromatic carbocycles. The first-order valence-electron chi connectivity index (χ1n) is 7.13. The summed E-state index contributed by atoms with van der Waals surface area (Å²) in [5.41, 5.74) is 0.808. The van der Waals surface area contributed by atoms with Gasteiger partial charge in [0.15, 0.2) is 0 Å². The second kappa shape index (κ2) is 5.93. The zero-order chi connectivity index (χ0) is 13.9. The fourth-order valence-corrected chi connectivity index (χ4v) is 2.52. The summed E-state index contributed by atoms with van der Waals surface area (Å²) in [6.07, 6.45) is 1.73. The van der Waals surface area contributed by atoms with Crippen molar-refractivity contribution in [1.29, 1.82) is 0 Å². The zero-order valence-corrected chi connectivity index (χ0v) is 12.1. The second-order valence-corrected chi connectivity index (χ2v) is 6.32. The molecular weight excluding hydrogens is 238 g/mol. The lowest BCUT2D eigenvalue weighted by Gasteiger charge is -2.27. The van der Waals surface area contributed by atoms with Crippen molar-refractivity contribution >= 4 is 0 Å². The summed E-state index contributed by atoms with van der Waals surface area (Å²) in [4.78, 5) is 0. The normalized spacial score (nSPS) is 19.2. The van der Waals surface area contributed by atoms with Crippen LogP contribution in [0.3, 0.4) is 0 Å². The van der Waals surface area contributed by atoms with E-state index >= 15 is 0 Å². The Morgan fingerprint density at radius 2 is 1.74 bits per heavy atom. The molecule has 1 unspecified atom stereocenters. The number of benzene rings is 1. The molecule has 1 fully saturated rings. The molecule has 0 saturated carbocycles. The minimum absolute atomic E-state index is 0.185. The van der Waals surface area contributed by atoms with Crippen molar-refractivity contribution < 1.29 is 9.84 Å². The van der Waals surface area contributed by atoms with E-state index in [2.05, 4.69) is 5.32 Å². The Hall–Kier alpha value is -1.06. The number of rotatable bonds is 3. The van der Waals surface area contributed by atoms with Crippen LogP contribution in [-0.4, -0.2) is 23.8 Å². The van der Waals surface area contributed by atoms with Crippen molar-refractivity contribution in [1.82, 2.24) is 5.32 Å². The van der Waals surface area contributed by atoms with Crippen molar-refractivity contribution in [2.24, 2.45) is 5.92 Å². The first kappa shape index (κ1) is 14.4. The van der Waals surface area contributed by atoms with Crippen LogP contribution < -0.4 is 10.1 Å². The number of hydrogen-bond donors (Lipinski definition) is 2. The van der Waals surface area contributed by atoms with Gasteiger partial charge in [0.1, 0.15) is 11.4 Å². The predicted molar refractivity (Wildman–Crippen MR) is 77.4 cm³/mol. The fourth-order valence-electron chi connectivity index (χ4n) is 2.52. The largest absolute Gasteiger partial charge is 0.488 e. The van der Waals surface area contributed by atoms with Crippen molar-refractivity contribution in [2.75, 3.05) is 13.1 Å². The molecule has 0 radical (unpaired) electrons. The van der Waals surface area contributed by atoms with Crippen LogP contribution in [0.2, 0.25) is 0 Å². The third kappa shape index (κ3) is 4.22. The van der Waals surface area contributed by atoms with E-state index in [4.69, 9.17) is 4.74 Å². The maximum Gasteiger partial charge on any atom is 0.120 e. The number of hydrogen-bond acceptors (Lipinski definition) is 3. The molecule has 1 aliphatic heterocycles. The first-order chi connectivity index (χ1) is 8.96. The van der Waals surface area contributed by atoms with Gasteiger partial charge in [0.2, 0.25) is 0 Å². The number of piperidine rings is 1. The molecule has 1 atom stereocenters. The third-order valence-electron chi connectivity index (χ3n) is 3.48. The van der Waals surface area contributed by atoms with Gasteiger partial charge in [-0.15, -0.1) is 0 Å². The summed E-state index contributed by atoms with van der Waals surface area (Å²) < 4.78 is 5.79. The van der Waals surface area contributed by atoms with E-state index in [0.29, 0.717) is 5.92 Å². The summed E-state index contributed by atoms with van der Waals surface area (Å²) in [6, 6.07) is 7.86. The lowest BCUT2D eigenvalue weighted by atomic mass is 9.88. The SMILES string of the molecule is CC(C)(C)Oc1ccc(C(O)C2CCNCC2)cc1. The van der Waals surface area contributed by atoms with Crippen LogP contribution in [0, 0.1) is 5.92 Å². The van der Waals surface area contributed by atoms with Gasteiger partial charge in [-0.25, -0.2) is 0 Å². The molecule has 0 aliphatic carbocycles. The molecule has 0 amide bonds. The van der Waals surface area contributed by atoms with Gasteiger partial charge < -0.3 is 15.2 Å². The van der Waals surface area contributed by atoms with E-state index in [1.165, 1.54) is 0 Å². The average molecular weight is 263 g/mol. The number of aliphatic hydroxyl groups excluding tert-OH is 1. The van der Waals surface area contributed by atoms with Gasteiger partial charge in [-0.1, -0.05) is 12.1 Å². The molecule has 1 saturated heterocycles. The Bertz CT molecular complexity index is 388. The van der Waals surface area contributed by atoms with Crippen molar-refractivity contribution in [3.05, 3.63) is 29.8 Å². The molecule has 106 valence electrons. The van der Waals surface area contributed by atoms with Gasteiger partial charge in [0, 0.05) is 0 Å². The van der Waals surface area contributed by atoms with Crippen LogP contribution in [0.5, 0.6) is 5.75 Å². The van der Waals surface area contributed by atoms with Gasteiger partial charge in [-0.2, -0.15) is 0 Å². The topological polar surface area (TPSA) is 41.5 Å². The molecule has 2 N–H and O–H groups in total. The third-order valence-corrected chi connectivity index (χ3v) is 3.48. The number of ether oxygens (including phenoxy) is 1. The summed E-state index contributed by atoms with van der Waals surface area (Å²) in [5, 5.41) is 13.7. The van der Waals surface area contributed by atoms with Gasteiger partial charge >= 0.3 is 0 Å². The van der Waals surface area contributed by atoms with Gasteiger partial charge in [-0.3, -0.25) is 0 Å². The molecule has 1 heterocycles. The van der Waals surface area contributed by atoms with Crippen LogP contribution in [0.25, 0.3) is 0 Å². The van der Waals surface area contributed by atoms with Crippen LogP contribution in [-0.2, 0) is 0 Å². The Balaban J connectivity index is 2.01. The van der Waals surface area contributed by atoms with E-state index in [9.17, 15) is 5.11 Å². The standard InChI is InChI=1S/C16H25NO2/c1-16(2,3)19-14-6-4-12(5-7-14)15(18)13-8-10-17-11-9-13/h4-7,13,15,17-18H,8-11H2,1-3H3.